The van der Waals surface area contributed by atoms with Crippen molar-refractivity contribution in [1.82, 2.24) is 4.90 Å². The highest BCUT2D eigenvalue weighted by Crippen LogP contribution is 2.63. The number of ether oxygens (including phenoxy) is 5. The van der Waals surface area contributed by atoms with E-state index < -0.39 is 12.3 Å². The van der Waals surface area contributed by atoms with Gasteiger partial charge in [0.05, 0.1) is 7.11 Å². The number of hydrogen-bond acceptors (Lipinski definition) is 7. The standard InChI is InChI=1S/C37H45NO6/c1-7-21-17-29(31-23-16-20(2)8-10-24(23)36(3,4)44-30(31)18-21)42-35(39)41-28-13-11-25-26-19-22-9-12-27(40-6)33-32(22)37(25,34(28)43-33)14-15-38(26)5/h9,11-13,17-18,20,23-26,28,34H,7-8,10,14-16,19H2,1-6H3/t20?,23-,24-,25-,26+,28-,34-,37-/m0/s1. The summed E-state index contributed by atoms with van der Waals surface area (Å²) in [4.78, 5) is 16.3. The van der Waals surface area contributed by atoms with E-state index in [-0.39, 0.29) is 29.0 Å². The molecule has 6 aliphatic rings. The molecule has 0 amide bonds. The lowest BCUT2D eigenvalue weighted by Gasteiger charge is -2.56. The monoisotopic (exact) mass is 599 g/mol. The third-order valence-corrected chi connectivity index (χ3v) is 12.1. The minimum atomic E-state index is -0.692. The molecular formula is C37H45NO6. The smallest absolute Gasteiger partial charge is 0.493 e. The summed E-state index contributed by atoms with van der Waals surface area (Å²) in [6.07, 6.45) is 8.79. The van der Waals surface area contributed by atoms with Gasteiger partial charge in [0.2, 0.25) is 0 Å². The number of likely N-dealkylation sites (tertiary alicyclic amines) is 1. The number of piperidine rings is 1. The van der Waals surface area contributed by atoms with Gasteiger partial charge < -0.3 is 28.6 Å². The van der Waals surface area contributed by atoms with Crippen LogP contribution in [0.5, 0.6) is 23.0 Å². The summed E-state index contributed by atoms with van der Waals surface area (Å²) >= 11 is 0. The predicted octanol–water partition coefficient (Wildman–Crippen LogP) is 6.98. The number of carbonyl (C=O) groups excluding carboxylic acids is 1. The molecule has 3 aliphatic carbocycles. The minimum Gasteiger partial charge on any atom is -0.493 e. The number of hydrogen-bond donors (Lipinski definition) is 0. The van der Waals surface area contributed by atoms with Crippen LogP contribution in [-0.4, -0.2) is 55.6 Å². The summed E-state index contributed by atoms with van der Waals surface area (Å²) < 4.78 is 31.6. The average Bonchev–Trinajstić information content (AvgIpc) is 3.34. The van der Waals surface area contributed by atoms with Gasteiger partial charge in [-0.1, -0.05) is 32.4 Å². The molecule has 1 spiro atoms. The SMILES string of the molecule is CCc1cc(OC(=O)O[C@H]2C=C[C@H]3[C@H]4Cc5ccc(OC)c6c5[C@@]3(CCN4C)[C@H]2O6)c2c(c1)OC(C)(C)[C@H]1CCC(C)C[C@H]21. The van der Waals surface area contributed by atoms with E-state index in [0.29, 0.717) is 23.6 Å². The Balaban J connectivity index is 1.13. The van der Waals surface area contributed by atoms with Crippen LogP contribution in [0.1, 0.15) is 81.5 Å². The van der Waals surface area contributed by atoms with Crippen LogP contribution in [0.2, 0.25) is 0 Å². The van der Waals surface area contributed by atoms with Gasteiger partial charge >= 0.3 is 6.16 Å². The number of rotatable bonds is 4. The lowest BCUT2D eigenvalue weighted by molar-refractivity contribution is -0.0567. The number of benzene rings is 2. The van der Waals surface area contributed by atoms with Gasteiger partial charge in [-0.15, -0.1) is 0 Å². The molecule has 234 valence electrons. The molecule has 2 fully saturated rings. The molecule has 3 aliphatic heterocycles. The van der Waals surface area contributed by atoms with Crippen molar-refractivity contribution in [2.24, 2.45) is 17.8 Å². The third kappa shape index (κ3) is 3.93. The normalized spacial score (nSPS) is 35.4. The largest absolute Gasteiger partial charge is 0.514 e. The molecule has 2 bridgehead atoms. The van der Waals surface area contributed by atoms with Crippen LogP contribution >= 0.6 is 0 Å². The summed E-state index contributed by atoms with van der Waals surface area (Å²) in [5, 5.41) is 0. The van der Waals surface area contributed by atoms with Gasteiger partial charge in [-0.25, -0.2) is 4.79 Å². The van der Waals surface area contributed by atoms with E-state index >= 15 is 0 Å². The molecule has 1 unspecified atom stereocenters. The average molecular weight is 600 g/mol. The number of nitrogens with zero attached hydrogens (tertiary/aromatic N) is 1. The van der Waals surface area contributed by atoms with Gasteiger partial charge in [0.15, 0.2) is 17.6 Å². The Kier molecular flexibility index (Phi) is 6.37. The zero-order valence-electron chi connectivity index (χ0n) is 26.9. The topological polar surface area (TPSA) is 66.5 Å². The van der Waals surface area contributed by atoms with Crippen molar-refractivity contribution < 1.29 is 28.5 Å². The Labute approximate surface area is 260 Å². The Morgan fingerprint density at radius 1 is 1.14 bits per heavy atom. The van der Waals surface area contributed by atoms with Crippen LogP contribution in [0.3, 0.4) is 0 Å². The second kappa shape index (κ2) is 9.90. The molecule has 1 saturated heterocycles. The fourth-order valence-electron chi connectivity index (χ4n) is 9.98. The fraction of sp³-hybridized carbons (Fsp3) is 0.595. The van der Waals surface area contributed by atoms with Crippen LogP contribution in [0.25, 0.3) is 0 Å². The van der Waals surface area contributed by atoms with Crippen molar-refractivity contribution in [2.45, 2.75) is 101 Å². The lowest BCUT2D eigenvalue weighted by Crippen LogP contribution is -2.65. The van der Waals surface area contributed by atoms with E-state index in [9.17, 15) is 4.79 Å². The number of fused-ring (bicyclic) bond motifs is 3. The summed E-state index contributed by atoms with van der Waals surface area (Å²) in [6.45, 7) is 9.82. The van der Waals surface area contributed by atoms with E-state index in [0.717, 1.165) is 67.0 Å². The van der Waals surface area contributed by atoms with Crippen molar-refractivity contribution >= 4 is 6.16 Å². The summed E-state index contributed by atoms with van der Waals surface area (Å²) in [5.41, 5.74) is 4.14. The second-order valence-corrected chi connectivity index (χ2v) is 14.8. The van der Waals surface area contributed by atoms with Gasteiger partial charge in [-0.05, 0) is 107 Å². The first-order valence-electron chi connectivity index (χ1n) is 16.6. The second-order valence-electron chi connectivity index (χ2n) is 14.8. The van der Waals surface area contributed by atoms with E-state index in [1.165, 1.54) is 17.5 Å². The lowest BCUT2D eigenvalue weighted by atomic mass is 9.53. The Bertz CT molecular complexity index is 1550. The van der Waals surface area contributed by atoms with Crippen molar-refractivity contribution in [3.8, 4) is 23.0 Å². The molecule has 0 aromatic heterocycles. The Hall–Kier alpha value is -3.19. The fourth-order valence-corrected chi connectivity index (χ4v) is 9.98. The number of likely N-dealkylation sites (N-methyl/N-ethyl adjacent to an activating group) is 1. The third-order valence-electron chi connectivity index (χ3n) is 12.1. The van der Waals surface area contributed by atoms with Gasteiger partial charge in [-0.2, -0.15) is 0 Å². The maximum absolute atomic E-state index is 13.8. The molecule has 2 aromatic rings. The number of aryl methyl sites for hydroxylation is 1. The molecule has 8 atom stereocenters. The van der Waals surface area contributed by atoms with Gasteiger partial charge in [0.25, 0.3) is 0 Å². The van der Waals surface area contributed by atoms with E-state index in [1.54, 1.807) is 7.11 Å². The first kappa shape index (κ1) is 28.3. The number of methoxy groups -OCH3 is 1. The van der Waals surface area contributed by atoms with Crippen molar-refractivity contribution in [2.75, 3.05) is 20.7 Å². The maximum atomic E-state index is 13.8. The first-order valence-corrected chi connectivity index (χ1v) is 16.6. The van der Waals surface area contributed by atoms with E-state index in [2.05, 4.69) is 57.9 Å². The zero-order valence-corrected chi connectivity index (χ0v) is 26.9. The molecule has 3 heterocycles. The molecular weight excluding hydrogens is 554 g/mol. The molecule has 0 N–H and O–H groups in total. The van der Waals surface area contributed by atoms with E-state index in [1.807, 2.05) is 18.2 Å². The highest BCUT2D eigenvalue weighted by Gasteiger charge is 2.65. The highest BCUT2D eigenvalue weighted by molar-refractivity contribution is 5.68. The number of carbonyl (C=O) groups is 1. The van der Waals surface area contributed by atoms with Gasteiger partial charge in [0, 0.05) is 34.4 Å². The summed E-state index contributed by atoms with van der Waals surface area (Å²) in [6, 6.07) is 8.75. The van der Waals surface area contributed by atoms with Crippen molar-refractivity contribution in [3.63, 3.8) is 0 Å². The Morgan fingerprint density at radius 3 is 2.77 bits per heavy atom. The molecule has 44 heavy (non-hydrogen) atoms. The van der Waals surface area contributed by atoms with Crippen molar-refractivity contribution in [1.29, 1.82) is 0 Å². The minimum absolute atomic E-state index is 0.263. The zero-order chi connectivity index (χ0) is 30.5. The molecule has 7 heteroatoms. The van der Waals surface area contributed by atoms with Gasteiger partial charge in [-0.3, -0.25) is 0 Å². The predicted molar refractivity (Wildman–Crippen MR) is 167 cm³/mol. The Morgan fingerprint density at radius 2 is 1.98 bits per heavy atom. The molecule has 2 aromatic carbocycles. The van der Waals surface area contributed by atoms with Crippen LogP contribution in [-0.2, 0) is 23.0 Å². The maximum Gasteiger partial charge on any atom is 0.514 e. The molecule has 8 rings (SSSR count). The van der Waals surface area contributed by atoms with Crippen LogP contribution in [0.15, 0.2) is 36.4 Å². The van der Waals surface area contributed by atoms with Crippen LogP contribution in [0, 0.1) is 17.8 Å². The first-order chi connectivity index (χ1) is 21.1. The quantitative estimate of drug-likeness (QED) is 0.213. The molecule has 1 saturated carbocycles. The highest BCUT2D eigenvalue weighted by atomic mass is 16.7. The summed E-state index contributed by atoms with van der Waals surface area (Å²) in [7, 11) is 3.91. The summed E-state index contributed by atoms with van der Waals surface area (Å²) in [5.74, 6) is 4.52. The van der Waals surface area contributed by atoms with Crippen LogP contribution < -0.4 is 18.9 Å². The molecule has 7 nitrogen and oxygen atoms in total. The van der Waals surface area contributed by atoms with E-state index in [4.69, 9.17) is 23.7 Å². The van der Waals surface area contributed by atoms with Crippen molar-refractivity contribution in [3.05, 3.63) is 58.7 Å². The van der Waals surface area contributed by atoms with Crippen LogP contribution in [0.4, 0.5) is 4.79 Å². The van der Waals surface area contributed by atoms with Gasteiger partial charge in [0.1, 0.15) is 23.2 Å². The molecule has 0 radical (unpaired) electrons.